The van der Waals surface area contributed by atoms with E-state index in [1.165, 1.54) is 13.8 Å². The average Bonchev–Trinajstić information content (AvgIpc) is 3.09. The van der Waals surface area contributed by atoms with E-state index in [1.807, 2.05) is 13.8 Å². The van der Waals surface area contributed by atoms with Crippen LogP contribution in [0.1, 0.15) is 53.9 Å². The maximum absolute atomic E-state index is 12.6. The van der Waals surface area contributed by atoms with Crippen molar-refractivity contribution in [1.82, 2.24) is 0 Å². The molecule has 6 heteroatoms. The number of hydrogen-bond acceptors (Lipinski definition) is 6. The summed E-state index contributed by atoms with van der Waals surface area (Å²) in [6.45, 7) is 8.57. The third-order valence-corrected chi connectivity index (χ3v) is 6.05. The van der Waals surface area contributed by atoms with E-state index in [-0.39, 0.29) is 29.6 Å². The van der Waals surface area contributed by atoms with Crippen molar-refractivity contribution < 1.29 is 28.6 Å². The Hall–Kier alpha value is -1.59. The summed E-state index contributed by atoms with van der Waals surface area (Å²) in [5.74, 6) is -1.23. The van der Waals surface area contributed by atoms with Gasteiger partial charge in [0.25, 0.3) is 0 Å². The summed E-state index contributed by atoms with van der Waals surface area (Å²) < 4.78 is 16.6. The Morgan fingerprint density at radius 1 is 1.38 bits per heavy atom. The lowest BCUT2D eigenvalue weighted by Crippen LogP contribution is -2.50. The van der Waals surface area contributed by atoms with Crippen LogP contribution in [0.4, 0.5) is 0 Å². The second-order valence-corrected chi connectivity index (χ2v) is 8.12. The molecule has 0 spiro atoms. The zero-order chi connectivity index (χ0) is 17.9. The minimum absolute atomic E-state index is 0.0498. The highest BCUT2D eigenvalue weighted by atomic mass is 16.6. The van der Waals surface area contributed by atoms with Gasteiger partial charge in [0.05, 0.1) is 11.8 Å². The maximum Gasteiger partial charge on any atom is 0.350 e. The van der Waals surface area contributed by atoms with Crippen LogP contribution >= 0.6 is 0 Å². The van der Waals surface area contributed by atoms with E-state index in [9.17, 15) is 14.4 Å². The third kappa shape index (κ3) is 2.42. The van der Waals surface area contributed by atoms with E-state index in [1.54, 1.807) is 6.92 Å². The fraction of sp³-hybridized carbons (Fsp3) is 0.833. The summed E-state index contributed by atoms with van der Waals surface area (Å²) in [4.78, 5) is 36.5. The number of ether oxygens (including phenoxy) is 3. The molecule has 3 fully saturated rings. The number of carbonyl (C=O) groups is 3. The van der Waals surface area contributed by atoms with E-state index in [0.29, 0.717) is 12.8 Å². The number of hydrogen-bond donors (Lipinski definition) is 0. The molecule has 1 heterocycles. The van der Waals surface area contributed by atoms with Gasteiger partial charge in [0, 0.05) is 11.8 Å². The summed E-state index contributed by atoms with van der Waals surface area (Å²) >= 11 is 0. The minimum Gasteiger partial charge on any atom is -0.455 e. The number of rotatable bonds is 5. The fourth-order valence-electron chi connectivity index (χ4n) is 4.35. The van der Waals surface area contributed by atoms with Gasteiger partial charge in [-0.05, 0) is 40.0 Å². The van der Waals surface area contributed by atoms with Gasteiger partial charge in [0.1, 0.15) is 11.7 Å². The predicted octanol–water partition coefficient (Wildman–Crippen LogP) is 2.24. The monoisotopic (exact) mass is 338 g/mol. The van der Waals surface area contributed by atoms with Gasteiger partial charge in [-0.3, -0.25) is 9.59 Å². The molecule has 0 radical (unpaired) electrons. The first-order chi connectivity index (χ1) is 11.1. The molecule has 1 aliphatic heterocycles. The number of esters is 3. The fourth-order valence-corrected chi connectivity index (χ4v) is 4.35. The van der Waals surface area contributed by atoms with Crippen LogP contribution in [0, 0.1) is 23.7 Å². The molecule has 6 atom stereocenters. The molecule has 134 valence electrons. The summed E-state index contributed by atoms with van der Waals surface area (Å²) in [5.41, 5.74) is -2.10. The number of carbonyl (C=O) groups excluding carboxylic acids is 3. The first-order valence-electron chi connectivity index (χ1n) is 8.77. The van der Waals surface area contributed by atoms with Crippen molar-refractivity contribution in [3.8, 4) is 0 Å². The topological polar surface area (TPSA) is 78.9 Å². The molecule has 0 aromatic rings. The van der Waals surface area contributed by atoms with E-state index in [2.05, 4.69) is 0 Å². The summed E-state index contributed by atoms with van der Waals surface area (Å²) in [6.07, 6.45) is 1.74. The van der Waals surface area contributed by atoms with Crippen LogP contribution < -0.4 is 0 Å². The van der Waals surface area contributed by atoms with E-state index in [4.69, 9.17) is 14.2 Å². The predicted molar refractivity (Wildman–Crippen MR) is 83.7 cm³/mol. The molecular formula is C18H26O6. The lowest BCUT2D eigenvalue weighted by molar-refractivity contribution is -0.196. The second kappa shape index (κ2) is 5.46. The standard InChI is InChI=1S/C18H26O6/c1-6-9(2)14(19)23-17(3,4)16(21)22-13-10-7-11-12(8-10)18(13,5)24-15(11)20/h9-13H,6-8H2,1-5H3. The first kappa shape index (κ1) is 17.2. The van der Waals surface area contributed by atoms with Crippen LogP contribution in [-0.2, 0) is 28.6 Å². The van der Waals surface area contributed by atoms with E-state index in [0.717, 1.165) is 6.42 Å². The third-order valence-electron chi connectivity index (χ3n) is 6.05. The molecule has 1 saturated heterocycles. The normalized spacial score (nSPS) is 38.0. The van der Waals surface area contributed by atoms with E-state index < -0.39 is 29.2 Å². The smallest absolute Gasteiger partial charge is 0.350 e. The molecule has 0 N–H and O–H groups in total. The Labute approximate surface area is 142 Å². The molecular weight excluding hydrogens is 312 g/mol. The van der Waals surface area contributed by atoms with Gasteiger partial charge in [-0.25, -0.2) is 4.79 Å². The van der Waals surface area contributed by atoms with Crippen molar-refractivity contribution in [2.45, 2.75) is 71.2 Å². The summed E-state index contributed by atoms with van der Waals surface area (Å²) in [7, 11) is 0. The zero-order valence-corrected chi connectivity index (χ0v) is 15.0. The minimum atomic E-state index is -1.36. The summed E-state index contributed by atoms with van der Waals surface area (Å²) in [6, 6.07) is 0. The Kier molecular flexibility index (Phi) is 3.92. The molecule has 0 aromatic heterocycles. The van der Waals surface area contributed by atoms with Crippen LogP contribution in [0.15, 0.2) is 0 Å². The van der Waals surface area contributed by atoms with Crippen LogP contribution in [0.25, 0.3) is 0 Å². The van der Waals surface area contributed by atoms with Gasteiger partial charge in [-0.1, -0.05) is 13.8 Å². The van der Waals surface area contributed by atoms with Gasteiger partial charge in [0.2, 0.25) is 5.60 Å². The van der Waals surface area contributed by atoms with Crippen LogP contribution in [0.2, 0.25) is 0 Å². The van der Waals surface area contributed by atoms with Crippen molar-refractivity contribution in [3.63, 3.8) is 0 Å². The van der Waals surface area contributed by atoms with Crippen LogP contribution in [0.5, 0.6) is 0 Å². The Morgan fingerprint density at radius 2 is 2.04 bits per heavy atom. The highest BCUT2D eigenvalue weighted by Crippen LogP contribution is 2.61. The van der Waals surface area contributed by atoms with E-state index >= 15 is 0 Å². The Balaban J connectivity index is 1.69. The molecule has 6 unspecified atom stereocenters. The molecule has 6 nitrogen and oxygen atoms in total. The van der Waals surface area contributed by atoms with Crippen LogP contribution in [0.3, 0.4) is 0 Å². The average molecular weight is 338 g/mol. The highest BCUT2D eigenvalue weighted by molar-refractivity contribution is 5.84. The molecule has 3 aliphatic rings. The Bertz CT molecular complexity index is 582. The Morgan fingerprint density at radius 3 is 2.67 bits per heavy atom. The quantitative estimate of drug-likeness (QED) is 0.565. The van der Waals surface area contributed by atoms with Gasteiger partial charge >= 0.3 is 17.9 Å². The molecule has 3 rings (SSSR count). The lowest BCUT2D eigenvalue weighted by Gasteiger charge is -2.36. The van der Waals surface area contributed by atoms with Gasteiger partial charge in [-0.2, -0.15) is 0 Å². The van der Waals surface area contributed by atoms with Crippen molar-refractivity contribution in [2.75, 3.05) is 0 Å². The summed E-state index contributed by atoms with van der Waals surface area (Å²) in [5, 5.41) is 0. The zero-order valence-electron chi connectivity index (χ0n) is 15.0. The first-order valence-corrected chi connectivity index (χ1v) is 8.77. The SMILES string of the molecule is CCC(C)C(=O)OC(C)(C)C(=O)OC1C2CC3C(=O)OC1(C)C3C2. The van der Waals surface area contributed by atoms with Gasteiger partial charge in [-0.15, -0.1) is 0 Å². The molecule has 0 aromatic carbocycles. The molecule has 24 heavy (non-hydrogen) atoms. The molecule has 2 aliphatic carbocycles. The van der Waals surface area contributed by atoms with Crippen molar-refractivity contribution in [3.05, 3.63) is 0 Å². The van der Waals surface area contributed by atoms with Crippen LogP contribution in [-0.4, -0.2) is 35.2 Å². The largest absolute Gasteiger partial charge is 0.455 e. The number of fused-ring (bicyclic) bond motifs is 1. The van der Waals surface area contributed by atoms with Crippen molar-refractivity contribution in [1.29, 1.82) is 0 Å². The van der Waals surface area contributed by atoms with Gasteiger partial charge in [0.15, 0.2) is 0 Å². The van der Waals surface area contributed by atoms with Crippen molar-refractivity contribution >= 4 is 17.9 Å². The maximum atomic E-state index is 12.6. The second-order valence-electron chi connectivity index (χ2n) is 8.12. The van der Waals surface area contributed by atoms with Gasteiger partial charge < -0.3 is 14.2 Å². The van der Waals surface area contributed by atoms with Crippen molar-refractivity contribution in [2.24, 2.45) is 23.7 Å². The molecule has 0 amide bonds. The molecule has 2 bridgehead atoms. The lowest BCUT2D eigenvalue weighted by atomic mass is 9.79. The molecule has 2 saturated carbocycles. The highest BCUT2D eigenvalue weighted by Gasteiger charge is 2.70.